The highest BCUT2D eigenvalue weighted by molar-refractivity contribution is 5.83. The standard InChI is InChI=1S/C17H23N3O6/c1-17(2,3)26-16(22)18-9-10-19(14(11-18)15(21)25-4)12-7-5-6-8-13(12)20(23)24/h5-8,14H,9-11H2,1-4H3. The number of carbonyl (C=O) groups is 2. The van der Waals surface area contributed by atoms with Gasteiger partial charge in [-0.2, -0.15) is 0 Å². The Labute approximate surface area is 151 Å². The average Bonchev–Trinajstić information content (AvgIpc) is 2.59. The molecule has 2 rings (SSSR count). The van der Waals surface area contributed by atoms with Gasteiger partial charge in [-0.1, -0.05) is 12.1 Å². The molecule has 9 heteroatoms. The van der Waals surface area contributed by atoms with Crippen LogP contribution in [0.4, 0.5) is 16.2 Å². The number of hydrogen-bond acceptors (Lipinski definition) is 7. The molecule has 1 fully saturated rings. The van der Waals surface area contributed by atoms with Crippen molar-refractivity contribution in [3.05, 3.63) is 34.4 Å². The number of nitro benzene ring substituents is 1. The highest BCUT2D eigenvalue weighted by Gasteiger charge is 2.38. The second kappa shape index (κ2) is 7.59. The molecular formula is C17H23N3O6. The molecule has 0 N–H and O–H groups in total. The molecule has 1 aromatic carbocycles. The molecule has 0 saturated carbocycles. The Bertz CT molecular complexity index is 700. The monoisotopic (exact) mass is 365 g/mol. The molecule has 0 spiro atoms. The Hall–Kier alpha value is -2.84. The number of rotatable bonds is 3. The summed E-state index contributed by atoms with van der Waals surface area (Å²) in [4.78, 5) is 38.4. The number of amides is 1. The lowest BCUT2D eigenvalue weighted by atomic mass is 10.1. The number of benzene rings is 1. The fraction of sp³-hybridized carbons (Fsp3) is 0.529. The van der Waals surface area contributed by atoms with Crippen LogP contribution in [0.2, 0.25) is 0 Å². The van der Waals surface area contributed by atoms with E-state index >= 15 is 0 Å². The van der Waals surface area contributed by atoms with Crippen molar-refractivity contribution in [2.24, 2.45) is 0 Å². The molecule has 142 valence electrons. The van der Waals surface area contributed by atoms with E-state index in [9.17, 15) is 19.7 Å². The molecule has 0 aromatic heterocycles. The molecule has 9 nitrogen and oxygen atoms in total. The van der Waals surface area contributed by atoms with Gasteiger partial charge >= 0.3 is 12.1 Å². The topological polar surface area (TPSA) is 102 Å². The van der Waals surface area contributed by atoms with Crippen LogP contribution in [-0.4, -0.2) is 60.3 Å². The molecule has 0 aliphatic carbocycles. The summed E-state index contributed by atoms with van der Waals surface area (Å²) in [6.07, 6.45) is -0.534. The maximum absolute atomic E-state index is 12.3. The van der Waals surface area contributed by atoms with Gasteiger partial charge in [-0.05, 0) is 26.8 Å². The third-order valence-corrected chi connectivity index (χ3v) is 3.89. The van der Waals surface area contributed by atoms with Crippen LogP contribution in [0, 0.1) is 10.1 Å². The molecular weight excluding hydrogens is 342 g/mol. The van der Waals surface area contributed by atoms with Gasteiger partial charge in [-0.15, -0.1) is 0 Å². The van der Waals surface area contributed by atoms with Crippen LogP contribution < -0.4 is 4.90 Å². The summed E-state index contributed by atoms with van der Waals surface area (Å²) < 4.78 is 10.2. The van der Waals surface area contributed by atoms with Crippen LogP contribution in [0.5, 0.6) is 0 Å². The third-order valence-electron chi connectivity index (χ3n) is 3.89. The lowest BCUT2D eigenvalue weighted by Gasteiger charge is -2.41. The first-order chi connectivity index (χ1) is 12.1. The number of piperazine rings is 1. The second-order valence-corrected chi connectivity index (χ2v) is 6.90. The molecule has 26 heavy (non-hydrogen) atoms. The van der Waals surface area contributed by atoms with Gasteiger partial charge in [0.05, 0.1) is 18.6 Å². The van der Waals surface area contributed by atoms with Crippen molar-refractivity contribution in [3.8, 4) is 0 Å². The second-order valence-electron chi connectivity index (χ2n) is 6.90. The van der Waals surface area contributed by atoms with Gasteiger partial charge in [-0.25, -0.2) is 9.59 Å². The van der Waals surface area contributed by atoms with Gasteiger partial charge in [-0.3, -0.25) is 10.1 Å². The molecule has 1 aliphatic heterocycles. The van der Waals surface area contributed by atoms with E-state index in [0.29, 0.717) is 5.69 Å². The summed E-state index contributed by atoms with van der Waals surface area (Å²) in [6.45, 7) is 5.80. The average molecular weight is 365 g/mol. The maximum atomic E-state index is 12.3. The van der Waals surface area contributed by atoms with E-state index in [2.05, 4.69) is 0 Å². The van der Waals surface area contributed by atoms with Crippen molar-refractivity contribution >= 4 is 23.4 Å². The fourth-order valence-corrected chi connectivity index (χ4v) is 2.76. The van der Waals surface area contributed by atoms with Crippen LogP contribution in [0.15, 0.2) is 24.3 Å². The zero-order chi connectivity index (χ0) is 19.5. The van der Waals surface area contributed by atoms with Crippen LogP contribution in [0.25, 0.3) is 0 Å². The van der Waals surface area contributed by atoms with E-state index in [-0.39, 0.29) is 25.3 Å². The summed E-state index contributed by atoms with van der Waals surface area (Å²) >= 11 is 0. The Kier molecular flexibility index (Phi) is 5.69. The Morgan fingerprint density at radius 3 is 2.46 bits per heavy atom. The van der Waals surface area contributed by atoms with E-state index < -0.39 is 28.6 Å². The number of nitrogens with zero attached hydrogens (tertiary/aromatic N) is 3. The van der Waals surface area contributed by atoms with Gasteiger partial charge in [0, 0.05) is 19.2 Å². The molecule has 1 unspecified atom stereocenters. The van der Waals surface area contributed by atoms with Crippen molar-refractivity contribution in [2.45, 2.75) is 32.4 Å². The molecule has 1 aromatic rings. The number of anilines is 1. The summed E-state index contributed by atoms with van der Waals surface area (Å²) in [5.41, 5.74) is -0.448. The highest BCUT2D eigenvalue weighted by atomic mass is 16.6. The quantitative estimate of drug-likeness (QED) is 0.459. The van der Waals surface area contributed by atoms with Gasteiger partial charge in [0.1, 0.15) is 17.3 Å². The molecule has 1 saturated heterocycles. The molecule has 0 radical (unpaired) electrons. The van der Waals surface area contributed by atoms with Crippen LogP contribution in [-0.2, 0) is 14.3 Å². The van der Waals surface area contributed by atoms with E-state index in [1.165, 1.54) is 18.1 Å². The number of hydrogen-bond donors (Lipinski definition) is 0. The summed E-state index contributed by atoms with van der Waals surface area (Å²) in [7, 11) is 1.24. The zero-order valence-electron chi connectivity index (χ0n) is 15.3. The first-order valence-corrected chi connectivity index (χ1v) is 8.20. The molecule has 1 amide bonds. The van der Waals surface area contributed by atoms with Crippen molar-refractivity contribution < 1.29 is 24.0 Å². The van der Waals surface area contributed by atoms with E-state index in [1.807, 2.05) is 0 Å². The Morgan fingerprint density at radius 2 is 1.88 bits per heavy atom. The SMILES string of the molecule is COC(=O)C1CN(C(=O)OC(C)(C)C)CCN1c1ccccc1[N+](=O)[O-]. The third kappa shape index (κ3) is 4.41. The highest BCUT2D eigenvalue weighted by Crippen LogP contribution is 2.31. The van der Waals surface area contributed by atoms with E-state index in [1.54, 1.807) is 43.9 Å². The predicted molar refractivity (Wildman–Crippen MR) is 94.1 cm³/mol. The molecule has 0 bridgehead atoms. The van der Waals surface area contributed by atoms with Gasteiger partial charge in [0.25, 0.3) is 5.69 Å². The number of carbonyl (C=O) groups excluding carboxylic acids is 2. The van der Waals surface area contributed by atoms with E-state index in [0.717, 1.165) is 0 Å². The van der Waals surface area contributed by atoms with Crippen LogP contribution >= 0.6 is 0 Å². The maximum Gasteiger partial charge on any atom is 0.410 e. The summed E-state index contributed by atoms with van der Waals surface area (Å²) in [5, 5.41) is 11.3. The molecule has 1 heterocycles. The number of esters is 1. The van der Waals surface area contributed by atoms with Gasteiger partial charge in [0.2, 0.25) is 0 Å². The van der Waals surface area contributed by atoms with Crippen molar-refractivity contribution in [2.75, 3.05) is 31.6 Å². The zero-order valence-corrected chi connectivity index (χ0v) is 15.3. The molecule has 1 aliphatic rings. The first-order valence-electron chi connectivity index (χ1n) is 8.20. The lowest BCUT2D eigenvalue weighted by molar-refractivity contribution is -0.384. The van der Waals surface area contributed by atoms with Gasteiger partial charge in [0.15, 0.2) is 0 Å². The summed E-state index contributed by atoms with van der Waals surface area (Å²) in [5.74, 6) is -0.573. The normalized spacial score (nSPS) is 17.6. The largest absolute Gasteiger partial charge is 0.467 e. The minimum absolute atomic E-state index is 0.0215. The van der Waals surface area contributed by atoms with Crippen molar-refractivity contribution in [1.82, 2.24) is 4.90 Å². The van der Waals surface area contributed by atoms with E-state index in [4.69, 9.17) is 9.47 Å². The van der Waals surface area contributed by atoms with Crippen molar-refractivity contribution in [3.63, 3.8) is 0 Å². The number of nitro groups is 1. The van der Waals surface area contributed by atoms with Crippen molar-refractivity contribution in [1.29, 1.82) is 0 Å². The van der Waals surface area contributed by atoms with Crippen LogP contribution in [0.1, 0.15) is 20.8 Å². The number of para-hydroxylation sites is 2. The van der Waals surface area contributed by atoms with Crippen LogP contribution in [0.3, 0.4) is 0 Å². The number of methoxy groups -OCH3 is 1. The smallest absolute Gasteiger partial charge is 0.410 e. The minimum atomic E-state index is -0.859. The lowest BCUT2D eigenvalue weighted by Crippen LogP contribution is -2.59. The predicted octanol–water partition coefficient (Wildman–Crippen LogP) is 2.19. The van der Waals surface area contributed by atoms with Gasteiger partial charge < -0.3 is 19.3 Å². The Balaban J connectivity index is 2.29. The number of ether oxygens (including phenoxy) is 2. The molecule has 1 atom stereocenters. The summed E-state index contributed by atoms with van der Waals surface area (Å²) in [6, 6.07) is 5.33. The minimum Gasteiger partial charge on any atom is -0.467 e. The Morgan fingerprint density at radius 1 is 1.23 bits per heavy atom. The fourth-order valence-electron chi connectivity index (χ4n) is 2.76. The first kappa shape index (κ1) is 19.5.